The Balaban J connectivity index is 0.00000312. The molecule has 2 rings (SSSR count). The van der Waals surface area contributed by atoms with Gasteiger partial charge in [0, 0.05) is 6.42 Å². The Kier molecular flexibility index (Phi) is 11.3. The zero-order chi connectivity index (χ0) is 17.3. The molecule has 0 amide bonds. The lowest BCUT2D eigenvalue weighted by atomic mass is 9.96. The molecule has 1 nitrogen and oxygen atoms in total. The maximum absolute atomic E-state index is 2.46. The smallest absolute Gasteiger partial charge is 0.0825 e. The fourth-order valence-corrected chi connectivity index (χ4v) is 3.92. The maximum Gasteiger partial charge on any atom is 0.0825 e. The average Bonchev–Trinajstić information content (AvgIpc) is 2.60. The van der Waals surface area contributed by atoms with Gasteiger partial charge in [-0.3, -0.25) is 0 Å². The zero-order valence-electron chi connectivity index (χ0n) is 16.9. The van der Waals surface area contributed by atoms with Crippen molar-refractivity contribution in [2.45, 2.75) is 78.1 Å². The second-order valence-corrected chi connectivity index (χ2v) is 8.56. The van der Waals surface area contributed by atoms with E-state index < -0.39 is 0 Å². The number of hydrogen-bond donors (Lipinski definition) is 0. The minimum absolute atomic E-state index is 0. The lowest BCUT2D eigenvalue weighted by Crippen LogP contribution is -3.00. The molecule has 2 heteroatoms. The van der Waals surface area contributed by atoms with E-state index >= 15 is 0 Å². The van der Waals surface area contributed by atoms with Gasteiger partial charge in [0.15, 0.2) is 0 Å². The van der Waals surface area contributed by atoms with Crippen molar-refractivity contribution in [2.24, 2.45) is 5.92 Å². The second-order valence-electron chi connectivity index (χ2n) is 8.56. The summed E-state index contributed by atoms with van der Waals surface area (Å²) in [4.78, 5) is 0. The highest BCUT2D eigenvalue weighted by Gasteiger charge is 2.27. The highest BCUT2D eigenvalue weighted by Crippen LogP contribution is 2.22. The fourth-order valence-electron chi connectivity index (χ4n) is 3.92. The van der Waals surface area contributed by atoms with Crippen molar-refractivity contribution in [1.29, 1.82) is 0 Å². The summed E-state index contributed by atoms with van der Waals surface area (Å²) in [5.74, 6) is 0.942. The molecule has 0 spiro atoms. The highest BCUT2D eigenvalue weighted by molar-refractivity contribution is 5.22. The molecule has 1 aromatic carbocycles. The first-order chi connectivity index (χ1) is 11.6. The van der Waals surface area contributed by atoms with Gasteiger partial charge in [0.1, 0.15) is 0 Å². The van der Waals surface area contributed by atoms with Crippen molar-refractivity contribution in [1.82, 2.24) is 0 Å². The summed E-state index contributed by atoms with van der Waals surface area (Å²) in [5.41, 5.74) is 3.06. The number of hydrogen-bond acceptors (Lipinski definition) is 0. The first kappa shape index (κ1) is 23.0. The van der Waals surface area contributed by atoms with E-state index in [9.17, 15) is 0 Å². The molecule has 0 radical (unpaired) electrons. The van der Waals surface area contributed by atoms with Gasteiger partial charge in [-0.15, -0.1) is 0 Å². The normalized spacial score (nSPS) is 23.2. The summed E-state index contributed by atoms with van der Waals surface area (Å²) in [6.45, 7) is 8.75. The number of benzene rings is 1. The Morgan fingerprint density at radius 1 is 0.840 bits per heavy atom. The van der Waals surface area contributed by atoms with Gasteiger partial charge in [0.2, 0.25) is 0 Å². The number of likely N-dealkylation sites (tertiary alicyclic amines) is 1. The van der Waals surface area contributed by atoms with E-state index in [4.69, 9.17) is 0 Å². The first-order valence-electron chi connectivity index (χ1n) is 10.5. The number of nitrogens with zero attached hydrogens (tertiary/aromatic N) is 1. The third kappa shape index (κ3) is 8.90. The number of piperidine rings is 1. The van der Waals surface area contributed by atoms with Crippen LogP contribution in [-0.2, 0) is 12.8 Å². The van der Waals surface area contributed by atoms with Crippen LogP contribution in [0.5, 0.6) is 0 Å². The van der Waals surface area contributed by atoms with Gasteiger partial charge in [-0.25, -0.2) is 0 Å². The number of halogens is 1. The highest BCUT2D eigenvalue weighted by atomic mass is 127. The molecule has 0 aliphatic carbocycles. The molecule has 0 N–H and O–H groups in total. The molecule has 1 aliphatic rings. The average molecular weight is 457 g/mol. The van der Waals surface area contributed by atoms with Gasteiger partial charge in [-0.2, -0.15) is 0 Å². The Morgan fingerprint density at radius 2 is 1.36 bits per heavy atom. The second kappa shape index (κ2) is 12.3. The summed E-state index contributed by atoms with van der Waals surface area (Å²) in [6, 6.07) is 9.51. The molecule has 0 atom stereocenters. The van der Waals surface area contributed by atoms with Gasteiger partial charge in [-0.1, -0.05) is 70.2 Å². The van der Waals surface area contributed by atoms with Gasteiger partial charge < -0.3 is 28.5 Å². The van der Waals surface area contributed by atoms with E-state index in [0.29, 0.717) is 0 Å². The molecule has 0 bridgehead atoms. The number of likely N-dealkylation sites (N-methyl/N-ethyl adjacent to an activating group) is 1. The van der Waals surface area contributed by atoms with Crippen molar-refractivity contribution < 1.29 is 28.5 Å². The molecular weight excluding hydrogens is 417 g/mol. The topological polar surface area (TPSA) is 0 Å². The number of aryl methyl sites for hydroxylation is 1. The summed E-state index contributed by atoms with van der Waals surface area (Å²) >= 11 is 0. The molecule has 1 aliphatic heterocycles. The molecular formula is C23H40IN. The quantitative estimate of drug-likeness (QED) is 0.288. The van der Waals surface area contributed by atoms with Crippen molar-refractivity contribution in [3.63, 3.8) is 0 Å². The summed E-state index contributed by atoms with van der Waals surface area (Å²) in [7, 11) is 2.46. The molecule has 1 aromatic rings. The van der Waals surface area contributed by atoms with Gasteiger partial charge in [0.05, 0.1) is 26.7 Å². The lowest BCUT2D eigenvalue weighted by molar-refractivity contribution is -0.915. The predicted molar refractivity (Wildman–Crippen MR) is 106 cm³/mol. The van der Waals surface area contributed by atoms with Crippen LogP contribution in [0, 0.1) is 5.92 Å². The van der Waals surface area contributed by atoms with E-state index in [2.05, 4.69) is 45.2 Å². The van der Waals surface area contributed by atoms with E-state index in [1.54, 1.807) is 0 Å². The van der Waals surface area contributed by atoms with Crippen molar-refractivity contribution in [2.75, 3.05) is 26.7 Å². The van der Waals surface area contributed by atoms with Crippen LogP contribution in [-0.4, -0.2) is 31.2 Å². The van der Waals surface area contributed by atoms with E-state index in [-0.39, 0.29) is 24.0 Å². The molecule has 1 heterocycles. The van der Waals surface area contributed by atoms with Crippen molar-refractivity contribution >= 4 is 0 Å². The van der Waals surface area contributed by atoms with E-state index in [1.165, 1.54) is 99.5 Å². The van der Waals surface area contributed by atoms with Crippen molar-refractivity contribution in [3.8, 4) is 0 Å². The van der Waals surface area contributed by atoms with Crippen LogP contribution in [0.1, 0.15) is 76.3 Å². The molecule has 0 unspecified atom stereocenters. The largest absolute Gasteiger partial charge is 1.00 e. The standard InChI is InChI=1S/C23H40N.HI/c1-4-5-6-7-8-9-10-22-11-13-23(14-12-22)17-20-24(3)18-15-21(2)16-19-24;/h11-14,21H,4-10,15-20H2,1-3H3;1H/q+1;/p-1. The van der Waals surface area contributed by atoms with Gasteiger partial charge >= 0.3 is 0 Å². The van der Waals surface area contributed by atoms with Crippen LogP contribution in [0.25, 0.3) is 0 Å². The lowest BCUT2D eigenvalue weighted by Gasteiger charge is -2.40. The molecule has 1 fully saturated rings. The Morgan fingerprint density at radius 3 is 1.96 bits per heavy atom. The first-order valence-corrected chi connectivity index (χ1v) is 10.5. The van der Waals surface area contributed by atoms with Crippen LogP contribution < -0.4 is 24.0 Å². The predicted octanol–water partition coefficient (Wildman–Crippen LogP) is 3.01. The number of quaternary nitrogens is 1. The van der Waals surface area contributed by atoms with Crippen LogP contribution in [0.3, 0.4) is 0 Å². The SMILES string of the molecule is CCCCCCCCc1ccc(CC[N+]2(C)CCC(C)CC2)cc1.[I-]. The van der Waals surface area contributed by atoms with Crippen LogP contribution >= 0.6 is 0 Å². The monoisotopic (exact) mass is 457 g/mol. The fraction of sp³-hybridized carbons (Fsp3) is 0.739. The number of unbranched alkanes of at least 4 members (excludes halogenated alkanes) is 5. The minimum atomic E-state index is 0. The maximum atomic E-state index is 2.46. The van der Waals surface area contributed by atoms with Crippen LogP contribution in [0.2, 0.25) is 0 Å². The Labute approximate surface area is 174 Å². The molecule has 0 saturated carbocycles. The van der Waals surface area contributed by atoms with Crippen LogP contribution in [0.15, 0.2) is 24.3 Å². The molecule has 1 saturated heterocycles. The summed E-state index contributed by atoms with van der Waals surface area (Å²) in [5, 5.41) is 0. The summed E-state index contributed by atoms with van der Waals surface area (Å²) in [6.07, 6.45) is 13.7. The minimum Gasteiger partial charge on any atom is -1.00 e. The van der Waals surface area contributed by atoms with Gasteiger partial charge in [-0.05, 0) is 42.7 Å². The summed E-state index contributed by atoms with van der Waals surface area (Å²) < 4.78 is 1.28. The van der Waals surface area contributed by atoms with Gasteiger partial charge in [0.25, 0.3) is 0 Å². The van der Waals surface area contributed by atoms with E-state index in [1.807, 2.05) is 0 Å². The van der Waals surface area contributed by atoms with Crippen LogP contribution in [0.4, 0.5) is 0 Å². The zero-order valence-corrected chi connectivity index (χ0v) is 19.1. The van der Waals surface area contributed by atoms with Crippen molar-refractivity contribution in [3.05, 3.63) is 35.4 Å². The number of rotatable bonds is 10. The molecule has 0 aromatic heterocycles. The molecule has 25 heavy (non-hydrogen) atoms. The Hall–Kier alpha value is -0.0900. The third-order valence-corrected chi connectivity index (χ3v) is 6.11. The molecule has 144 valence electrons. The third-order valence-electron chi connectivity index (χ3n) is 6.11. The van der Waals surface area contributed by atoms with E-state index in [0.717, 1.165) is 5.92 Å². The Bertz CT molecular complexity index is 446.